The Kier molecular flexibility index (Phi) is 7.65. The quantitative estimate of drug-likeness (QED) is 0.291. The minimum absolute atomic E-state index is 0.0173. The highest BCUT2D eigenvalue weighted by atomic mass is 16.5. The predicted molar refractivity (Wildman–Crippen MR) is 152 cm³/mol. The Morgan fingerprint density at radius 1 is 1.02 bits per heavy atom. The average Bonchev–Trinajstić information content (AvgIpc) is 3.61. The lowest BCUT2D eigenvalue weighted by Crippen LogP contribution is -2.28. The van der Waals surface area contributed by atoms with Crippen LogP contribution in [-0.4, -0.2) is 45.1 Å². The number of ether oxygens (including phenoxy) is 1. The third-order valence-electron chi connectivity index (χ3n) is 6.77. The molecule has 1 aromatic carbocycles. The van der Waals surface area contributed by atoms with E-state index >= 15 is 0 Å². The Morgan fingerprint density at radius 2 is 1.82 bits per heavy atom. The molecule has 0 saturated carbocycles. The molecule has 0 atom stereocenters. The van der Waals surface area contributed by atoms with E-state index in [4.69, 9.17) is 9.26 Å². The van der Waals surface area contributed by atoms with Gasteiger partial charge in [-0.25, -0.2) is 9.48 Å². The number of nitrogens with one attached hydrogen (secondary N) is 3. The number of benzene rings is 1. The molecule has 4 aromatic rings. The van der Waals surface area contributed by atoms with E-state index in [9.17, 15) is 9.59 Å². The number of aryl methyl sites for hydroxylation is 1. The molecule has 1 saturated heterocycles. The summed E-state index contributed by atoms with van der Waals surface area (Å²) in [5.41, 5.74) is 4.36. The van der Waals surface area contributed by atoms with Crippen LogP contribution in [0.4, 0.5) is 22.0 Å². The van der Waals surface area contributed by atoms with E-state index in [0.717, 1.165) is 22.4 Å². The number of pyridine rings is 1. The van der Waals surface area contributed by atoms with Gasteiger partial charge in [-0.3, -0.25) is 15.1 Å². The van der Waals surface area contributed by atoms with Crippen molar-refractivity contribution in [3.63, 3.8) is 0 Å². The number of hydrogen-bond acceptors (Lipinski definition) is 7. The lowest BCUT2D eigenvalue weighted by atomic mass is 9.93. The summed E-state index contributed by atoms with van der Waals surface area (Å²) in [7, 11) is 0. The fraction of sp³-hybridized carbons (Fsp3) is 0.345. The minimum Gasteiger partial charge on any atom is -0.381 e. The van der Waals surface area contributed by atoms with Crippen molar-refractivity contribution in [2.45, 2.75) is 46.0 Å². The van der Waals surface area contributed by atoms with Crippen molar-refractivity contribution >= 4 is 29.1 Å². The first kappa shape index (κ1) is 27.1. The highest BCUT2D eigenvalue weighted by Gasteiger charge is 2.23. The molecular formula is C29H33N7O4. The average molecular weight is 544 g/mol. The Labute approximate surface area is 232 Å². The molecule has 4 heterocycles. The highest BCUT2D eigenvalue weighted by Crippen LogP contribution is 2.30. The van der Waals surface area contributed by atoms with Gasteiger partial charge in [0.25, 0.3) is 0 Å². The SMILES string of the molecule is Cc1ccc(NC(=O)Nc2cc(C(C)(C)C)on2)cc1-n1cc(-c2cnccc2NC(=O)C2CCOCC2)cn1. The molecule has 0 aliphatic carbocycles. The summed E-state index contributed by atoms with van der Waals surface area (Å²) >= 11 is 0. The number of anilines is 3. The molecule has 1 aliphatic rings. The normalized spacial score (nSPS) is 14.1. The molecule has 1 aliphatic heterocycles. The summed E-state index contributed by atoms with van der Waals surface area (Å²) in [6, 6.07) is 8.62. The van der Waals surface area contributed by atoms with E-state index in [0.29, 0.717) is 49.0 Å². The molecule has 208 valence electrons. The fourth-order valence-electron chi connectivity index (χ4n) is 4.42. The van der Waals surface area contributed by atoms with E-state index in [1.54, 1.807) is 35.4 Å². The first-order valence-corrected chi connectivity index (χ1v) is 13.2. The first-order valence-electron chi connectivity index (χ1n) is 13.2. The maximum atomic E-state index is 12.9. The number of rotatable bonds is 6. The van der Waals surface area contributed by atoms with Gasteiger partial charge in [0.2, 0.25) is 5.91 Å². The monoisotopic (exact) mass is 543 g/mol. The van der Waals surface area contributed by atoms with Crippen LogP contribution in [0.5, 0.6) is 0 Å². The molecule has 5 rings (SSSR count). The van der Waals surface area contributed by atoms with Gasteiger partial charge in [-0.2, -0.15) is 5.10 Å². The van der Waals surface area contributed by atoms with Crippen LogP contribution >= 0.6 is 0 Å². The largest absolute Gasteiger partial charge is 0.381 e. The number of amides is 3. The molecule has 11 nitrogen and oxygen atoms in total. The second-order valence-corrected chi connectivity index (χ2v) is 10.9. The van der Waals surface area contributed by atoms with Crippen LogP contribution < -0.4 is 16.0 Å². The van der Waals surface area contributed by atoms with E-state index in [1.165, 1.54) is 0 Å². The van der Waals surface area contributed by atoms with Crippen LogP contribution in [-0.2, 0) is 14.9 Å². The smallest absolute Gasteiger partial charge is 0.324 e. The Bertz CT molecular complexity index is 1510. The van der Waals surface area contributed by atoms with E-state index < -0.39 is 6.03 Å². The second-order valence-electron chi connectivity index (χ2n) is 10.9. The van der Waals surface area contributed by atoms with Gasteiger partial charge in [0.05, 0.1) is 17.6 Å². The maximum Gasteiger partial charge on any atom is 0.324 e. The fourth-order valence-corrected chi connectivity index (χ4v) is 4.42. The predicted octanol–water partition coefficient (Wildman–Crippen LogP) is 5.54. The number of carbonyl (C=O) groups is 2. The molecule has 0 radical (unpaired) electrons. The third kappa shape index (κ3) is 6.20. The van der Waals surface area contributed by atoms with Crippen molar-refractivity contribution in [1.82, 2.24) is 19.9 Å². The van der Waals surface area contributed by atoms with Crippen molar-refractivity contribution in [1.29, 1.82) is 0 Å². The topological polar surface area (TPSA) is 136 Å². The van der Waals surface area contributed by atoms with Gasteiger partial charge in [-0.05, 0) is 43.5 Å². The number of nitrogens with zero attached hydrogens (tertiary/aromatic N) is 4. The van der Waals surface area contributed by atoms with Crippen LogP contribution in [0.3, 0.4) is 0 Å². The lowest BCUT2D eigenvalue weighted by Gasteiger charge is -2.21. The highest BCUT2D eigenvalue weighted by molar-refractivity contribution is 5.99. The molecule has 0 unspecified atom stereocenters. The van der Waals surface area contributed by atoms with Gasteiger partial charge in [-0.1, -0.05) is 32.0 Å². The number of aromatic nitrogens is 4. The standard InChI is InChI=1S/C29H33N7O4/c1-18-5-6-21(32-28(38)34-26-14-25(40-35-26)29(2,3)4)13-24(18)36-17-20(15-31-36)22-16-30-10-7-23(22)33-27(37)19-8-11-39-12-9-19/h5-7,10,13-17,19H,8-9,11-12H2,1-4H3,(H,30,33,37)(H2,32,34,35,38). The van der Waals surface area contributed by atoms with Crippen molar-refractivity contribution < 1.29 is 18.8 Å². The molecule has 40 heavy (non-hydrogen) atoms. The van der Waals surface area contributed by atoms with Gasteiger partial charge < -0.3 is 19.9 Å². The van der Waals surface area contributed by atoms with E-state index in [-0.39, 0.29) is 17.2 Å². The zero-order chi connectivity index (χ0) is 28.3. The van der Waals surface area contributed by atoms with Gasteiger partial charge in [0.15, 0.2) is 5.82 Å². The molecule has 11 heteroatoms. The Balaban J connectivity index is 1.31. The Hall–Kier alpha value is -4.51. The summed E-state index contributed by atoms with van der Waals surface area (Å²) in [6.07, 6.45) is 8.39. The first-order chi connectivity index (χ1) is 19.2. The molecule has 1 fully saturated rings. The van der Waals surface area contributed by atoms with Crippen LogP contribution in [0.2, 0.25) is 0 Å². The molecule has 0 spiro atoms. The third-order valence-corrected chi connectivity index (χ3v) is 6.77. The molecule has 0 bridgehead atoms. The van der Waals surface area contributed by atoms with Crippen LogP contribution in [0.25, 0.3) is 16.8 Å². The summed E-state index contributed by atoms with van der Waals surface area (Å²) in [5, 5.41) is 17.1. The number of urea groups is 1. The van der Waals surface area contributed by atoms with Gasteiger partial charge in [0.1, 0.15) is 5.76 Å². The molecule has 3 amide bonds. The van der Waals surface area contributed by atoms with E-state index in [2.05, 4.69) is 31.2 Å². The zero-order valence-electron chi connectivity index (χ0n) is 23.0. The van der Waals surface area contributed by atoms with Crippen molar-refractivity contribution in [2.24, 2.45) is 5.92 Å². The number of hydrogen-bond donors (Lipinski definition) is 3. The zero-order valence-corrected chi connectivity index (χ0v) is 23.0. The van der Waals surface area contributed by atoms with Crippen molar-refractivity contribution in [3.05, 3.63) is 66.4 Å². The molecule has 3 aromatic heterocycles. The van der Waals surface area contributed by atoms with E-state index in [1.807, 2.05) is 52.1 Å². The second kappa shape index (κ2) is 11.3. The van der Waals surface area contributed by atoms with Crippen LogP contribution in [0.15, 0.2) is 59.6 Å². The summed E-state index contributed by atoms with van der Waals surface area (Å²) in [5.74, 6) is 0.922. The summed E-state index contributed by atoms with van der Waals surface area (Å²) in [6.45, 7) is 9.18. The summed E-state index contributed by atoms with van der Waals surface area (Å²) in [4.78, 5) is 29.7. The van der Waals surface area contributed by atoms with Gasteiger partial charge in [-0.15, -0.1) is 0 Å². The summed E-state index contributed by atoms with van der Waals surface area (Å²) < 4.78 is 12.5. The van der Waals surface area contributed by atoms with Crippen LogP contribution in [0.1, 0.15) is 44.9 Å². The Morgan fingerprint density at radius 3 is 2.58 bits per heavy atom. The van der Waals surface area contributed by atoms with Gasteiger partial charge in [0, 0.05) is 66.0 Å². The van der Waals surface area contributed by atoms with Gasteiger partial charge >= 0.3 is 6.03 Å². The molecule has 3 N–H and O–H groups in total. The van der Waals surface area contributed by atoms with Crippen LogP contribution in [0, 0.1) is 12.8 Å². The maximum absolute atomic E-state index is 12.9. The lowest BCUT2D eigenvalue weighted by molar-refractivity contribution is -0.122. The van der Waals surface area contributed by atoms with Crippen molar-refractivity contribution in [3.8, 4) is 16.8 Å². The minimum atomic E-state index is -0.440. The van der Waals surface area contributed by atoms with Crippen molar-refractivity contribution in [2.75, 3.05) is 29.2 Å². The number of carbonyl (C=O) groups excluding carboxylic acids is 2. The molecular weight excluding hydrogens is 510 g/mol.